The monoisotopic (exact) mass is 413 g/mol. The fourth-order valence-electron chi connectivity index (χ4n) is 2.91. The van der Waals surface area contributed by atoms with Crippen molar-refractivity contribution in [3.05, 3.63) is 80.6 Å². The van der Waals surface area contributed by atoms with E-state index in [1.165, 1.54) is 12.4 Å². The number of phenols is 1. The zero-order chi connectivity index (χ0) is 18.3. The molecule has 1 atom stereocenters. The van der Waals surface area contributed by atoms with E-state index in [0.29, 0.717) is 16.0 Å². The van der Waals surface area contributed by atoms with Crippen molar-refractivity contribution in [2.24, 2.45) is 0 Å². The van der Waals surface area contributed by atoms with Gasteiger partial charge in [-0.25, -0.2) is 4.68 Å². The molecule has 26 heavy (non-hydrogen) atoms. The lowest BCUT2D eigenvalue weighted by Gasteiger charge is -2.25. The molecule has 0 unspecified atom stereocenters. The first-order valence-corrected chi connectivity index (χ1v) is 8.44. The number of aromatic hydroxyl groups is 1. The number of hydrogen-bond acceptors (Lipinski definition) is 6. The molecule has 9 heteroatoms. The largest absolute Gasteiger partial charge is 0.502 e. The van der Waals surface area contributed by atoms with Crippen LogP contribution in [-0.2, 0) is 0 Å². The molecule has 130 valence electrons. The maximum absolute atomic E-state index is 11.3. The molecule has 1 aliphatic rings. The van der Waals surface area contributed by atoms with Gasteiger partial charge in [-0.15, -0.1) is 0 Å². The van der Waals surface area contributed by atoms with E-state index in [2.05, 4.69) is 31.3 Å². The fraction of sp³-hybridized carbons (Fsp3) is 0.0588. The van der Waals surface area contributed by atoms with Crippen LogP contribution < -0.4 is 5.32 Å². The number of halogens is 1. The quantitative estimate of drug-likeness (QED) is 0.500. The summed E-state index contributed by atoms with van der Waals surface area (Å²) < 4.78 is 2.06. The molecular formula is C17H12BrN5O3. The molecule has 2 heterocycles. The molecule has 0 saturated carbocycles. The van der Waals surface area contributed by atoms with Gasteiger partial charge in [0.2, 0.25) is 5.95 Å². The molecule has 0 spiro atoms. The number of nitrogens with one attached hydrogen (secondary N) is 1. The molecule has 0 fully saturated rings. The molecule has 2 aromatic carbocycles. The van der Waals surface area contributed by atoms with Crippen molar-refractivity contribution in [1.29, 1.82) is 0 Å². The third-order valence-corrected chi connectivity index (χ3v) is 4.55. The van der Waals surface area contributed by atoms with E-state index >= 15 is 0 Å². The SMILES string of the molecule is O=[N+]([O-])c1cc(Br)cc([C@H]2C=C(c3ccccc3)Nc3ncnn32)c1O. The second kappa shape index (κ2) is 6.26. The maximum Gasteiger partial charge on any atom is 0.312 e. The summed E-state index contributed by atoms with van der Waals surface area (Å²) in [5, 5.41) is 29.1. The summed E-state index contributed by atoms with van der Waals surface area (Å²) in [6.07, 6.45) is 3.24. The number of nitro groups is 1. The van der Waals surface area contributed by atoms with E-state index in [1.54, 1.807) is 10.7 Å². The molecule has 1 aliphatic heterocycles. The lowest BCUT2D eigenvalue weighted by atomic mass is 10.0. The number of aromatic nitrogens is 3. The van der Waals surface area contributed by atoms with Gasteiger partial charge in [-0.2, -0.15) is 10.1 Å². The van der Waals surface area contributed by atoms with Crippen molar-refractivity contribution in [3.63, 3.8) is 0 Å². The zero-order valence-electron chi connectivity index (χ0n) is 13.2. The van der Waals surface area contributed by atoms with Crippen molar-refractivity contribution >= 4 is 33.3 Å². The first-order chi connectivity index (χ1) is 12.5. The van der Waals surface area contributed by atoms with Crippen LogP contribution in [0.15, 0.2) is 59.3 Å². The second-order valence-corrected chi connectivity index (χ2v) is 6.58. The Kier molecular flexibility index (Phi) is 3.92. The minimum atomic E-state index is -0.616. The van der Waals surface area contributed by atoms with E-state index in [9.17, 15) is 15.2 Å². The van der Waals surface area contributed by atoms with Crippen LogP contribution in [0.2, 0.25) is 0 Å². The Morgan fingerprint density at radius 2 is 2.04 bits per heavy atom. The van der Waals surface area contributed by atoms with Crippen molar-refractivity contribution in [2.75, 3.05) is 5.32 Å². The molecule has 0 amide bonds. The minimum Gasteiger partial charge on any atom is -0.502 e. The van der Waals surface area contributed by atoms with Gasteiger partial charge < -0.3 is 10.4 Å². The third-order valence-electron chi connectivity index (χ3n) is 4.09. The van der Waals surface area contributed by atoms with Crippen LogP contribution in [0, 0.1) is 10.1 Å². The van der Waals surface area contributed by atoms with Crippen LogP contribution in [0.4, 0.5) is 11.6 Å². The van der Waals surface area contributed by atoms with Crippen LogP contribution in [0.3, 0.4) is 0 Å². The average molecular weight is 414 g/mol. The highest BCUT2D eigenvalue weighted by atomic mass is 79.9. The average Bonchev–Trinajstić information content (AvgIpc) is 3.12. The lowest BCUT2D eigenvalue weighted by molar-refractivity contribution is -0.386. The Labute approximate surface area is 156 Å². The van der Waals surface area contributed by atoms with Crippen LogP contribution in [0.1, 0.15) is 17.2 Å². The highest BCUT2D eigenvalue weighted by Gasteiger charge is 2.29. The van der Waals surface area contributed by atoms with Crippen LogP contribution in [0.5, 0.6) is 5.75 Å². The summed E-state index contributed by atoms with van der Waals surface area (Å²) in [4.78, 5) is 14.8. The Morgan fingerprint density at radius 1 is 1.27 bits per heavy atom. The third kappa shape index (κ3) is 2.72. The van der Waals surface area contributed by atoms with Crippen molar-refractivity contribution in [2.45, 2.75) is 6.04 Å². The summed E-state index contributed by atoms with van der Waals surface area (Å²) in [6.45, 7) is 0. The molecule has 1 aromatic heterocycles. The number of benzene rings is 2. The number of fused-ring (bicyclic) bond motifs is 1. The van der Waals surface area contributed by atoms with E-state index in [-0.39, 0.29) is 5.69 Å². The van der Waals surface area contributed by atoms with Crippen LogP contribution in [0.25, 0.3) is 5.70 Å². The van der Waals surface area contributed by atoms with Gasteiger partial charge in [-0.05, 0) is 17.7 Å². The molecule has 4 rings (SSSR count). The smallest absolute Gasteiger partial charge is 0.312 e. The lowest BCUT2D eigenvalue weighted by Crippen LogP contribution is -2.20. The Morgan fingerprint density at radius 3 is 2.77 bits per heavy atom. The highest BCUT2D eigenvalue weighted by molar-refractivity contribution is 9.10. The Bertz CT molecular complexity index is 1030. The van der Waals surface area contributed by atoms with Crippen LogP contribution >= 0.6 is 15.9 Å². The molecule has 0 radical (unpaired) electrons. The van der Waals surface area contributed by atoms with Crippen molar-refractivity contribution < 1.29 is 10.0 Å². The summed E-state index contributed by atoms with van der Waals surface area (Å²) in [5.74, 6) is 0.0913. The Hall–Kier alpha value is -3.20. The summed E-state index contributed by atoms with van der Waals surface area (Å²) in [6, 6.07) is 12.0. The van der Waals surface area contributed by atoms with Gasteiger partial charge in [0.05, 0.1) is 4.92 Å². The number of nitrogens with zero attached hydrogens (tertiary/aromatic N) is 4. The molecule has 3 aromatic rings. The summed E-state index contributed by atoms with van der Waals surface area (Å²) in [7, 11) is 0. The van der Waals surface area contributed by atoms with E-state index in [4.69, 9.17) is 0 Å². The standard InChI is InChI=1S/C17H12BrN5O3/c18-11-6-12(16(24)15(7-11)23(25)26)14-8-13(10-4-2-1-3-5-10)21-17-19-9-20-22(14)17/h1-9,14,24H,(H,19,20,21)/t14-/m1/s1. The predicted molar refractivity (Wildman–Crippen MR) is 98.7 cm³/mol. The first kappa shape index (κ1) is 16.3. The van der Waals surface area contributed by atoms with Crippen molar-refractivity contribution in [1.82, 2.24) is 14.8 Å². The van der Waals surface area contributed by atoms with Gasteiger partial charge >= 0.3 is 5.69 Å². The number of hydrogen-bond donors (Lipinski definition) is 2. The van der Waals surface area contributed by atoms with Crippen molar-refractivity contribution in [3.8, 4) is 5.75 Å². The van der Waals surface area contributed by atoms with Gasteiger partial charge in [-0.1, -0.05) is 46.3 Å². The topological polar surface area (TPSA) is 106 Å². The maximum atomic E-state index is 11.3. The fourth-order valence-corrected chi connectivity index (χ4v) is 3.37. The number of anilines is 1. The molecule has 2 N–H and O–H groups in total. The molecule has 8 nitrogen and oxygen atoms in total. The van der Waals surface area contributed by atoms with Gasteiger partial charge in [-0.3, -0.25) is 10.1 Å². The summed E-state index contributed by atoms with van der Waals surface area (Å²) >= 11 is 3.28. The predicted octanol–water partition coefficient (Wildman–Crippen LogP) is 3.71. The van der Waals surface area contributed by atoms with Crippen LogP contribution in [-0.4, -0.2) is 24.8 Å². The number of phenolic OH excluding ortho intramolecular Hbond substituents is 1. The van der Waals surface area contributed by atoms with Gasteiger partial charge in [0, 0.05) is 21.8 Å². The van der Waals surface area contributed by atoms with Gasteiger partial charge in [0.15, 0.2) is 5.75 Å². The molecule has 0 saturated heterocycles. The molecular weight excluding hydrogens is 402 g/mol. The number of nitro benzene ring substituents is 1. The first-order valence-electron chi connectivity index (χ1n) is 7.65. The van der Waals surface area contributed by atoms with E-state index < -0.39 is 16.7 Å². The zero-order valence-corrected chi connectivity index (χ0v) is 14.8. The normalized spacial score (nSPS) is 15.7. The van der Waals surface area contributed by atoms with E-state index in [1.807, 2.05) is 36.4 Å². The van der Waals surface area contributed by atoms with E-state index in [0.717, 1.165) is 11.3 Å². The van der Waals surface area contributed by atoms with Gasteiger partial charge in [0.1, 0.15) is 12.4 Å². The second-order valence-electron chi connectivity index (χ2n) is 5.66. The molecule has 0 bridgehead atoms. The number of allylic oxidation sites excluding steroid dienone is 1. The number of rotatable bonds is 3. The molecule has 0 aliphatic carbocycles. The minimum absolute atomic E-state index is 0.354. The highest BCUT2D eigenvalue weighted by Crippen LogP contribution is 2.41. The van der Waals surface area contributed by atoms with Gasteiger partial charge in [0.25, 0.3) is 0 Å². The Balaban J connectivity index is 1.90. The summed E-state index contributed by atoms with van der Waals surface area (Å²) in [5.41, 5.74) is 1.69.